The minimum atomic E-state index is -0.179. The Kier molecular flexibility index (Phi) is 3.19. The fourth-order valence-electron chi connectivity index (χ4n) is 2.27. The minimum Gasteiger partial charge on any atom is -0.338 e. The average molecular weight is 237 g/mol. The number of carbonyl (C=O) groups is 1. The molecule has 1 aromatic rings. The van der Waals surface area contributed by atoms with Gasteiger partial charge in [0, 0.05) is 6.07 Å². The third-order valence-electron chi connectivity index (χ3n) is 3.26. The highest BCUT2D eigenvalue weighted by Crippen LogP contribution is 2.30. The second-order valence-corrected chi connectivity index (χ2v) is 5.30. The zero-order valence-corrected chi connectivity index (χ0v) is 10.5. The summed E-state index contributed by atoms with van der Waals surface area (Å²) < 4.78 is 4.98. The van der Waals surface area contributed by atoms with E-state index in [0.29, 0.717) is 5.88 Å². The number of nitrogens with one attached hydrogen (secondary N) is 2. The molecule has 17 heavy (non-hydrogen) atoms. The molecule has 1 aromatic heterocycles. The van der Waals surface area contributed by atoms with E-state index in [0.717, 1.165) is 25.1 Å². The van der Waals surface area contributed by atoms with E-state index in [1.165, 1.54) is 0 Å². The van der Waals surface area contributed by atoms with Crippen molar-refractivity contribution in [2.24, 2.45) is 5.41 Å². The molecule has 1 unspecified atom stereocenters. The van der Waals surface area contributed by atoms with Crippen molar-refractivity contribution in [2.75, 3.05) is 11.9 Å². The number of aromatic nitrogens is 1. The van der Waals surface area contributed by atoms with Gasteiger partial charge in [0.1, 0.15) is 0 Å². The van der Waals surface area contributed by atoms with Crippen molar-refractivity contribution >= 4 is 11.8 Å². The Hall–Kier alpha value is -1.36. The van der Waals surface area contributed by atoms with Crippen molar-refractivity contribution in [3.8, 4) is 0 Å². The summed E-state index contributed by atoms with van der Waals surface area (Å²) in [7, 11) is 0. The van der Waals surface area contributed by atoms with Gasteiger partial charge in [-0.1, -0.05) is 19.0 Å². The Balaban J connectivity index is 2.04. The number of rotatable bonds is 2. The second-order valence-electron chi connectivity index (χ2n) is 5.30. The molecule has 94 valence electrons. The Morgan fingerprint density at radius 2 is 2.41 bits per heavy atom. The highest BCUT2D eigenvalue weighted by atomic mass is 16.5. The molecule has 2 heterocycles. The lowest BCUT2D eigenvalue weighted by Crippen LogP contribution is -2.53. The number of hydrogen-bond acceptors (Lipinski definition) is 4. The molecule has 1 atom stereocenters. The monoisotopic (exact) mass is 237 g/mol. The fraction of sp³-hybridized carbons (Fsp3) is 0.667. The number of amides is 1. The van der Waals surface area contributed by atoms with Crippen LogP contribution in [0.3, 0.4) is 0 Å². The quantitative estimate of drug-likeness (QED) is 0.821. The summed E-state index contributed by atoms with van der Waals surface area (Å²) in [6.07, 6.45) is 2.16. The Morgan fingerprint density at radius 3 is 3.00 bits per heavy atom. The first-order chi connectivity index (χ1) is 7.99. The van der Waals surface area contributed by atoms with Gasteiger partial charge in [0.25, 0.3) is 0 Å². The maximum absolute atomic E-state index is 12.1. The van der Waals surface area contributed by atoms with Crippen molar-refractivity contribution in [1.82, 2.24) is 10.5 Å². The molecule has 0 spiro atoms. The maximum atomic E-state index is 12.1. The molecule has 0 saturated carbocycles. The van der Waals surface area contributed by atoms with Gasteiger partial charge >= 0.3 is 0 Å². The lowest BCUT2D eigenvalue weighted by atomic mass is 9.77. The van der Waals surface area contributed by atoms with Gasteiger partial charge in [0.2, 0.25) is 11.8 Å². The van der Waals surface area contributed by atoms with Crippen molar-refractivity contribution in [3.05, 3.63) is 11.8 Å². The summed E-state index contributed by atoms with van der Waals surface area (Å²) in [5.74, 6) is 0.363. The number of piperidine rings is 1. The summed E-state index contributed by atoms with van der Waals surface area (Å²) in [6.45, 7) is 6.92. The first kappa shape index (κ1) is 12.1. The molecule has 0 aliphatic carbocycles. The van der Waals surface area contributed by atoms with Crippen molar-refractivity contribution in [3.63, 3.8) is 0 Å². The zero-order chi connectivity index (χ0) is 12.5. The van der Waals surface area contributed by atoms with Gasteiger partial charge < -0.3 is 9.84 Å². The van der Waals surface area contributed by atoms with Crippen LogP contribution in [0.25, 0.3) is 0 Å². The van der Waals surface area contributed by atoms with Gasteiger partial charge in [-0.05, 0) is 31.7 Å². The van der Waals surface area contributed by atoms with Crippen LogP contribution in [-0.4, -0.2) is 23.7 Å². The third-order valence-corrected chi connectivity index (χ3v) is 3.26. The van der Waals surface area contributed by atoms with Gasteiger partial charge in [-0.3, -0.25) is 10.1 Å². The number of aryl methyl sites for hydroxylation is 1. The molecule has 2 N–H and O–H groups in total. The molecule has 0 bridgehead atoms. The highest BCUT2D eigenvalue weighted by molar-refractivity contribution is 5.94. The molecule has 1 amide bonds. The van der Waals surface area contributed by atoms with Crippen LogP contribution in [-0.2, 0) is 4.79 Å². The molecule has 1 aliphatic rings. The van der Waals surface area contributed by atoms with E-state index in [9.17, 15) is 4.79 Å². The third kappa shape index (κ3) is 2.66. The predicted octanol–water partition coefficient (Wildman–Crippen LogP) is 1.70. The van der Waals surface area contributed by atoms with Gasteiger partial charge in [-0.25, -0.2) is 0 Å². The van der Waals surface area contributed by atoms with Crippen molar-refractivity contribution in [1.29, 1.82) is 0 Å². The molecular weight excluding hydrogens is 218 g/mol. The Bertz CT molecular complexity index is 412. The molecule has 5 nitrogen and oxygen atoms in total. The van der Waals surface area contributed by atoms with Crippen LogP contribution in [0.15, 0.2) is 10.6 Å². The zero-order valence-electron chi connectivity index (χ0n) is 10.5. The van der Waals surface area contributed by atoms with Crippen molar-refractivity contribution < 1.29 is 9.32 Å². The van der Waals surface area contributed by atoms with Gasteiger partial charge in [0.15, 0.2) is 0 Å². The average Bonchev–Trinajstić information content (AvgIpc) is 2.63. The molecule has 2 rings (SSSR count). The van der Waals surface area contributed by atoms with E-state index in [4.69, 9.17) is 4.52 Å². The number of anilines is 1. The van der Waals surface area contributed by atoms with Crippen LogP contribution in [0.5, 0.6) is 0 Å². The van der Waals surface area contributed by atoms with Crippen LogP contribution < -0.4 is 10.6 Å². The Morgan fingerprint density at radius 1 is 1.65 bits per heavy atom. The summed E-state index contributed by atoms with van der Waals surface area (Å²) in [6, 6.07) is 1.54. The van der Waals surface area contributed by atoms with E-state index >= 15 is 0 Å². The van der Waals surface area contributed by atoms with Gasteiger partial charge in [0.05, 0.1) is 11.7 Å². The Labute approximate surface area is 101 Å². The SMILES string of the molecule is Cc1cc(NC(=O)C2NCCCC2(C)C)on1. The molecule has 1 fully saturated rings. The molecule has 0 aromatic carbocycles. The van der Waals surface area contributed by atoms with E-state index < -0.39 is 0 Å². The van der Waals surface area contributed by atoms with E-state index in [2.05, 4.69) is 29.6 Å². The molecule has 1 saturated heterocycles. The van der Waals surface area contributed by atoms with Crippen LogP contribution in [0.2, 0.25) is 0 Å². The standard InChI is InChI=1S/C12H19N3O2/c1-8-7-9(17-15-8)14-11(16)10-12(2,3)5-4-6-13-10/h7,10,13H,4-6H2,1-3H3,(H,14,16). The molecule has 5 heteroatoms. The summed E-state index contributed by atoms with van der Waals surface area (Å²) in [5.41, 5.74) is 0.730. The number of carbonyl (C=O) groups excluding carboxylic acids is 1. The van der Waals surface area contributed by atoms with E-state index in [1.807, 2.05) is 6.92 Å². The number of nitrogens with zero attached hydrogens (tertiary/aromatic N) is 1. The maximum Gasteiger partial charge on any atom is 0.244 e. The normalized spacial score (nSPS) is 23.4. The topological polar surface area (TPSA) is 67.2 Å². The van der Waals surface area contributed by atoms with E-state index in [-0.39, 0.29) is 17.4 Å². The van der Waals surface area contributed by atoms with Crippen LogP contribution in [0.1, 0.15) is 32.4 Å². The lowest BCUT2D eigenvalue weighted by molar-refractivity contribution is -0.121. The van der Waals surface area contributed by atoms with E-state index in [1.54, 1.807) is 6.07 Å². The van der Waals surface area contributed by atoms with Crippen molar-refractivity contribution in [2.45, 2.75) is 39.7 Å². The first-order valence-corrected chi connectivity index (χ1v) is 5.96. The predicted molar refractivity (Wildman–Crippen MR) is 64.7 cm³/mol. The minimum absolute atomic E-state index is 0.0304. The van der Waals surface area contributed by atoms with Gasteiger partial charge in [-0.2, -0.15) is 0 Å². The first-order valence-electron chi connectivity index (χ1n) is 5.96. The smallest absolute Gasteiger partial charge is 0.244 e. The molecule has 0 radical (unpaired) electrons. The molecule has 1 aliphatic heterocycles. The van der Waals surface area contributed by atoms with Crippen LogP contribution in [0.4, 0.5) is 5.88 Å². The highest BCUT2D eigenvalue weighted by Gasteiger charge is 2.37. The van der Waals surface area contributed by atoms with Crippen LogP contribution in [0, 0.1) is 12.3 Å². The molecular formula is C12H19N3O2. The second kappa shape index (κ2) is 4.49. The summed E-state index contributed by atoms with van der Waals surface area (Å²) in [5, 5.41) is 9.76. The fourth-order valence-corrected chi connectivity index (χ4v) is 2.27. The summed E-state index contributed by atoms with van der Waals surface area (Å²) >= 11 is 0. The van der Waals surface area contributed by atoms with Crippen LogP contribution >= 0.6 is 0 Å². The van der Waals surface area contributed by atoms with Gasteiger partial charge in [-0.15, -0.1) is 0 Å². The lowest BCUT2D eigenvalue weighted by Gasteiger charge is -2.37. The largest absolute Gasteiger partial charge is 0.338 e. The number of hydrogen-bond donors (Lipinski definition) is 2. The summed E-state index contributed by atoms with van der Waals surface area (Å²) in [4.78, 5) is 12.1.